The Morgan fingerprint density at radius 2 is 1.59 bits per heavy atom. The maximum absolute atomic E-state index is 14.3. The van der Waals surface area contributed by atoms with Gasteiger partial charge in [-0.2, -0.15) is 13.9 Å². The highest BCUT2D eigenvalue weighted by atomic mass is 28.4. The van der Waals surface area contributed by atoms with Gasteiger partial charge < -0.3 is 19.4 Å². The van der Waals surface area contributed by atoms with Gasteiger partial charge in [0.05, 0.1) is 24.4 Å². The van der Waals surface area contributed by atoms with E-state index in [2.05, 4.69) is 86.3 Å². The summed E-state index contributed by atoms with van der Waals surface area (Å²) in [5.74, 6) is -0.00736. The smallest absolute Gasteiger partial charge is 0.387 e. The van der Waals surface area contributed by atoms with Gasteiger partial charge in [-0.1, -0.05) is 93.6 Å². The van der Waals surface area contributed by atoms with Crippen LogP contribution in [0.1, 0.15) is 74.0 Å². The molecular formula is C36H42F2N4O3Si. The van der Waals surface area contributed by atoms with Crippen molar-refractivity contribution in [2.24, 2.45) is 0 Å². The Morgan fingerprint density at radius 3 is 2.15 bits per heavy atom. The number of carbonyl (C=O) groups is 1. The van der Waals surface area contributed by atoms with Crippen LogP contribution in [0.15, 0.2) is 84.9 Å². The SMILES string of the molecule is CC(c1ccc(OC(F)F)cc1)N1C[C@@H](CO[Si](c2ccccc2)(c2ccccc2)C(C)(C)C)n2nc3c(c2C1=O)CN[C@H](C)C3. The summed E-state index contributed by atoms with van der Waals surface area (Å²) in [5, 5.41) is 10.7. The molecule has 242 valence electrons. The molecule has 0 spiro atoms. The van der Waals surface area contributed by atoms with Crippen LogP contribution < -0.4 is 20.4 Å². The van der Waals surface area contributed by atoms with E-state index >= 15 is 0 Å². The average molecular weight is 645 g/mol. The van der Waals surface area contributed by atoms with E-state index in [9.17, 15) is 13.6 Å². The van der Waals surface area contributed by atoms with E-state index in [1.807, 2.05) is 28.6 Å². The minimum atomic E-state index is -2.90. The van der Waals surface area contributed by atoms with Gasteiger partial charge in [-0.15, -0.1) is 0 Å². The molecule has 7 nitrogen and oxygen atoms in total. The van der Waals surface area contributed by atoms with Crippen molar-refractivity contribution >= 4 is 24.6 Å². The number of hydrogen-bond donors (Lipinski definition) is 1. The monoisotopic (exact) mass is 644 g/mol. The predicted molar refractivity (Wildman–Crippen MR) is 177 cm³/mol. The lowest BCUT2D eigenvalue weighted by atomic mass is 9.99. The van der Waals surface area contributed by atoms with Crippen LogP contribution in [-0.2, 0) is 17.4 Å². The largest absolute Gasteiger partial charge is 0.435 e. The predicted octanol–water partition coefficient (Wildman–Crippen LogP) is 5.85. The standard InChI is InChI=1S/C36H42F2N4O3Si/c1-24-20-32-31(21-39-24)33-34(43)41(25(2)26-16-18-28(19-17-26)45-35(37)38)22-27(42(33)40-32)23-44-46(36(3,4)5,29-12-8-6-9-13-29)30-14-10-7-11-15-30/h6-19,24-25,27,35,39H,20-23H2,1-5H3/t24-,25?,27+/m1/s1. The zero-order valence-corrected chi connectivity index (χ0v) is 28.0. The molecule has 1 unspecified atom stereocenters. The normalized spacial score (nSPS) is 19.1. The number of amides is 1. The number of halogens is 2. The van der Waals surface area contributed by atoms with Crippen LogP contribution in [-0.4, -0.2) is 54.7 Å². The van der Waals surface area contributed by atoms with Gasteiger partial charge in [-0.25, -0.2) is 0 Å². The number of aromatic nitrogens is 2. The van der Waals surface area contributed by atoms with Gasteiger partial charge in [0.15, 0.2) is 0 Å². The molecule has 0 saturated heterocycles. The van der Waals surface area contributed by atoms with E-state index in [0.717, 1.165) is 23.2 Å². The fraction of sp³-hybridized carbons (Fsp3) is 0.389. The molecule has 1 amide bonds. The van der Waals surface area contributed by atoms with Gasteiger partial charge in [0, 0.05) is 31.1 Å². The quantitative estimate of drug-likeness (QED) is 0.232. The van der Waals surface area contributed by atoms with Gasteiger partial charge in [-0.05, 0) is 47.0 Å². The van der Waals surface area contributed by atoms with Crippen molar-refractivity contribution < 1.29 is 22.7 Å². The molecule has 1 N–H and O–H groups in total. The summed E-state index contributed by atoms with van der Waals surface area (Å²) in [7, 11) is -2.86. The number of nitrogens with one attached hydrogen (secondary N) is 1. The van der Waals surface area contributed by atoms with Crippen molar-refractivity contribution in [3.05, 3.63) is 107 Å². The zero-order valence-electron chi connectivity index (χ0n) is 27.0. The van der Waals surface area contributed by atoms with Crippen molar-refractivity contribution in [2.45, 2.75) is 77.4 Å². The number of nitrogens with zero attached hydrogens (tertiary/aromatic N) is 3. The zero-order chi connectivity index (χ0) is 32.6. The lowest BCUT2D eigenvalue weighted by Gasteiger charge is -2.45. The van der Waals surface area contributed by atoms with Gasteiger partial charge in [0.25, 0.3) is 14.2 Å². The van der Waals surface area contributed by atoms with Crippen molar-refractivity contribution in [3.8, 4) is 5.75 Å². The van der Waals surface area contributed by atoms with Gasteiger partial charge in [0.2, 0.25) is 0 Å². The second kappa shape index (κ2) is 12.7. The second-order valence-electron chi connectivity index (χ2n) is 13.4. The minimum absolute atomic E-state index is 0.0832. The first-order chi connectivity index (χ1) is 22.0. The fourth-order valence-electron chi connectivity index (χ4n) is 7.07. The molecule has 46 heavy (non-hydrogen) atoms. The Morgan fingerprint density at radius 1 is 0.978 bits per heavy atom. The molecule has 3 aromatic carbocycles. The van der Waals surface area contributed by atoms with Crippen LogP contribution in [0.25, 0.3) is 0 Å². The van der Waals surface area contributed by atoms with Crippen LogP contribution in [0.2, 0.25) is 5.04 Å². The third kappa shape index (κ3) is 5.89. The highest BCUT2D eigenvalue weighted by Crippen LogP contribution is 2.39. The summed E-state index contributed by atoms with van der Waals surface area (Å²) in [4.78, 5) is 16.2. The lowest BCUT2D eigenvalue weighted by molar-refractivity contribution is -0.0498. The molecule has 0 saturated carbocycles. The molecule has 2 aliphatic heterocycles. The van der Waals surface area contributed by atoms with Crippen LogP contribution in [0, 0.1) is 0 Å². The third-order valence-corrected chi connectivity index (χ3v) is 14.4. The first kappa shape index (κ1) is 32.1. The Bertz CT molecular complexity index is 1620. The first-order valence-corrected chi connectivity index (χ1v) is 17.8. The van der Waals surface area contributed by atoms with Gasteiger partial charge in [0.1, 0.15) is 11.4 Å². The summed E-state index contributed by atoms with van der Waals surface area (Å²) in [5.41, 5.74) is 3.32. The highest BCUT2D eigenvalue weighted by Gasteiger charge is 2.51. The third-order valence-electron chi connectivity index (χ3n) is 9.40. The lowest BCUT2D eigenvalue weighted by Crippen LogP contribution is -2.67. The number of rotatable bonds is 9. The molecule has 1 aromatic heterocycles. The minimum Gasteiger partial charge on any atom is -0.435 e. The van der Waals surface area contributed by atoms with Crippen LogP contribution in [0.4, 0.5) is 8.78 Å². The van der Waals surface area contributed by atoms with Crippen molar-refractivity contribution in [3.63, 3.8) is 0 Å². The Labute approximate surface area is 270 Å². The molecule has 3 heterocycles. The summed E-state index contributed by atoms with van der Waals surface area (Å²) in [6, 6.07) is 27.3. The van der Waals surface area contributed by atoms with Crippen molar-refractivity contribution in [2.75, 3.05) is 13.2 Å². The van der Waals surface area contributed by atoms with Crippen molar-refractivity contribution in [1.82, 2.24) is 20.0 Å². The number of fused-ring (bicyclic) bond motifs is 3. The number of ether oxygens (including phenoxy) is 1. The highest BCUT2D eigenvalue weighted by molar-refractivity contribution is 6.99. The fourth-order valence-corrected chi connectivity index (χ4v) is 11.7. The number of benzene rings is 3. The Kier molecular flexibility index (Phi) is 8.88. The maximum atomic E-state index is 14.3. The first-order valence-electron chi connectivity index (χ1n) is 15.9. The Hall–Kier alpha value is -3.86. The topological polar surface area (TPSA) is 68.6 Å². The van der Waals surface area contributed by atoms with Crippen molar-refractivity contribution in [1.29, 1.82) is 0 Å². The maximum Gasteiger partial charge on any atom is 0.387 e. The van der Waals surface area contributed by atoms with Gasteiger partial charge in [-0.3, -0.25) is 9.48 Å². The molecule has 0 bridgehead atoms. The summed E-state index contributed by atoms with van der Waals surface area (Å²) in [6.07, 6.45) is 0.742. The molecule has 4 aromatic rings. The summed E-state index contributed by atoms with van der Waals surface area (Å²) >= 11 is 0. The van der Waals surface area contributed by atoms with Gasteiger partial charge >= 0.3 is 6.61 Å². The molecule has 2 aliphatic rings. The van der Waals surface area contributed by atoms with E-state index in [0.29, 0.717) is 25.4 Å². The number of alkyl halides is 2. The number of hydrogen-bond acceptors (Lipinski definition) is 5. The molecule has 0 aliphatic carbocycles. The van der Waals surface area contributed by atoms with E-state index < -0.39 is 14.9 Å². The number of carbonyl (C=O) groups excluding carboxylic acids is 1. The van der Waals surface area contributed by atoms with Crippen LogP contribution >= 0.6 is 0 Å². The molecule has 3 atom stereocenters. The van der Waals surface area contributed by atoms with E-state index in [1.54, 1.807) is 12.1 Å². The van der Waals surface area contributed by atoms with E-state index in [1.165, 1.54) is 22.5 Å². The Balaban J connectivity index is 1.40. The summed E-state index contributed by atoms with van der Waals surface area (Å²) < 4.78 is 39.4. The summed E-state index contributed by atoms with van der Waals surface area (Å²) in [6.45, 7) is 9.29. The molecule has 0 radical (unpaired) electrons. The second-order valence-corrected chi connectivity index (χ2v) is 17.7. The molecular weight excluding hydrogens is 603 g/mol. The van der Waals surface area contributed by atoms with Crippen LogP contribution in [0.3, 0.4) is 0 Å². The van der Waals surface area contributed by atoms with E-state index in [-0.39, 0.29) is 34.8 Å². The molecule has 0 fully saturated rings. The molecule has 6 rings (SSSR count). The van der Waals surface area contributed by atoms with E-state index in [4.69, 9.17) is 9.52 Å². The molecule has 10 heteroatoms. The average Bonchev–Trinajstić information content (AvgIpc) is 3.42. The van der Waals surface area contributed by atoms with Crippen LogP contribution in [0.5, 0.6) is 5.75 Å².